The van der Waals surface area contributed by atoms with Gasteiger partial charge >= 0.3 is 0 Å². The summed E-state index contributed by atoms with van der Waals surface area (Å²) in [5, 5.41) is 0. The Balaban J connectivity index is 1.42. The number of rotatable bonds is 1. The molecule has 0 heteroatoms. The number of fused-ring (bicyclic) bond motifs is 13. The van der Waals surface area contributed by atoms with Crippen molar-refractivity contribution in [1.29, 1.82) is 0 Å². The van der Waals surface area contributed by atoms with Gasteiger partial charge in [0.05, 0.1) is 5.41 Å². The first-order valence-corrected chi connectivity index (χ1v) is 14.3. The molecule has 6 aromatic carbocycles. The fourth-order valence-corrected chi connectivity index (χ4v) is 8.35. The Labute approximate surface area is 235 Å². The van der Waals surface area contributed by atoms with E-state index in [2.05, 4.69) is 147 Å². The van der Waals surface area contributed by atoms with Crippen molar-refractivity contribution in [2.45, 2.75) is 24.7 Å². The molecule has 40 heavy (non-hydrogen) atoms. The van der Waals surface area contributed by atoms with Gasteiger partial charge in [-0.2, -0.15) is 0 Å². The smallest absolute Gasteiger partial charge is 0.0619 e. The molecule has 3 aliphatic rings. The molecular formula is C40H28. The van der Waals surface area contributed by atoms with Crippen molar-refractivity contribution in [3.63, 3.8) is 0 Å². The lowest BCUT2D eigenvalue weighted by Crippen LogP contribution is -2.25. The molecule has 3 aliphatic carbocycles. The maximum Gasteiger partial charge on any atom is 0.0725 e. The summed E-state index contributed by atoms with van der Waals surface area (Å²) in [4.78, 5) is 0. The fraction of sp³-hybridized carbons (Fsp3) is 0.100. The molecule has 0 aliphatic heterocycles. The summed E-state index contributed by atoms with van der Waals surface area (Å²) in [6.45, 7) is 4.74. The molecule has 0 saturated heterocycles. The molecule has 0 radical (unpaired) electrons. The quantitative estimate of drug-likeness (QED) is 0.207. The lowest BCUT2D eigenvalue weighted by atomic mass is 9.70. The van der Waals surface area contributed by atoms with E-state index >= 15 is 0 Å². The largest absolute Gasteiger partial charge is 0.0725 e. The Morgan fingerprint density at radius 3 is 1.23 bits per heavy atom. The molecule has 0 nitrogen and oxygen atoms in total. The summed E-state index contributed by atoms with van der Waals surface area (Å²) in [5.41, 5.74) is 18.9. The molecule has 6 aromatic rings. The lowest BCUT2D eigenvalue weighted by molar-refractivity contribution is 0.660. The van der Waals surface area contributed by atoms with Crippen LogP contribution in [0.4, 0.5) is 0 Å². The normalized spacial score (nSPS) is 15.7. The predicted octanol–water partition coefficient (Wildman–Crippen LogP) is 10.0. The van der Waals surface area contributed by atoms with Gasteiger partial charge in [0.2, 0.25) is 0 Å². The second-order valence-electron chi connectivity index (χ2n) is 12.0. The summed E-state index contributed by atoms with van der Waals surface area (Å²) in [5.74, 6) is 0. The van der Waals surface area contributed by atoms with Crippen LogP contribution in [-0.4, -0.2) is 0 Å². The van der Waals surface area contributed by atoms with E-state index in [1.165, 1.54) is 77.9 Å². The van der Waals surface area contributed by atoms with Crippen molar-refractivity contribution >= 4 is 0 Å². The molecule has 0 bridgehead atoms. The highest BCUT2D eigenvalue weighted by molar-refractivity contribution is 6.03. The van der Waals surface area contributed by atoms with Crippen LogP contribution in [0.25, 0.3) is 44.5 Å². The van der Waals surface area contributed by atoms with Crippen LogP contribution in [0.1, 0.15) is 47.2 Å². The lowest BCUT2D eigenvalue weighted by Gasteiger charge is -2.30. The first-order chi connectivity index (χ1) is 19.6. The molecule has 9 rings (SSSR count). The summed E-state index contributed by atoms with van der Waals surface area (Å²) >= 11 is 0. The van der Waals surface area contributed by atoms with Crippen LogP contribution in [0.15, 0.2) is 133 Å². The van der Waals surface area contributed by atoms with E-state index in [0.29, 0.717) is 0 Å². The SMILES string of the molecule is CC1(C)c2ccccc2-c2c(-c3cccc4c3-c3ccccc3C43c4ccccc4-c4ccccc43)cccc21. The fourth-order valence-electron chi connectivity index (χ4n) is 8.35. The van der Waals surface area contributed by atoms with Crippen molar-refractivity contribution < 1.29 is 0 Å². The third kappa shape index (κ3) is 2.44. The van der Waals surface area contributed by atoms with Crippen LogP contribution in [0, 0.1) is 0 Å². The van der Waals surface area contributed by atoms with Gasteiger partial charge in [0.15, 0.2) is 0 Å². The molecule has 0 heterocycles. The van der Waals surface area contributed by atoms with Gasteiger partial charge in [-0.3, -0.25) is 0 Å². The van der Waals surface area contributed by atoms with Gasteiger partial charge in [0.25, 0.3) is 0 Å². The molecule has 0 fully saturated rings. The molecule has 0 unspecified atom stereocenters. The van der Waals surface area contributed by atoms with Crippen molar-refractivity contribution in [2.24, 2.45) is 0 Å². The first kappa shape index (κ1) is 22.2. The van der Waals surface area contributed by atoms with Gasteiger partial charge in [-0.15, -0.1) is 0 Å². The van der Waals surface area contributed by atoms with Crippen molar-refractivity contribution in [2.75, 3.05) is 0 Å². The predicted molar refractivity (Wildman–Crippen MR) is 166 cm³/mol. The highest BCUT2D eigenvalue weighted by atomic mass is 14.5. The minimum absolute atomic E-state index is 0.0254. The third-order valence-corrected chi connectivity index (χ3v) is 9.92. The van der Waals surface area contributed by atoms with Gasteiger partial charge in [0, 0.05) is 5.41 Å². The molecule has 188 valence electrons. The van der Waals surface area contributed by atoms with Crippen LogP contribution >= 0.6 is 0 Å². The standard InChI is InChI=1S/C40H28/c1-39(2)31-19-7-5-15-29(31)37-27(17-11-23-35(37)39)28-18-12-24-36-38(28)30-16-6-10-22-34(30)40(36)32-20-8-3-13-25(32)26-14-4-9-21-33(26)40/h3-24H,1-2H3. The van der Waals surface area contributed by atoms with Gasteiger partial charge in [-0.1, -0.05) is 147 Å². The van der Waals surface area contributed by atoms with E-state index in [1.54, 1.807) is 0 Å². The Bertz CT molecular complexity index is 1990. The second-order valence-corrected chi connectivity index (χ2v) is 12.0. The zero-order valence-corrected chi connectivity index (χ0v) is 22.7. The molecule has 0 saturated carbocycles. The Kier molecular flexibility index (Phi) is 4.15. The minimum Gasteiger partial charge on any atom is -0.0619 e. The zero-order valence-electron chi connectivity index (χ0n) is 22.7. The van der Waals surface area contributed by atoms with E-state index in [-0.39, 0.29) is 10.8 Å². The Morgan fingerprint density at radius 2 is 0.650 bits per heavy atom. The summed E-state index contributed by atoms with van der Waals surface area (Å²) in [7, 11) is 0. The number of hydrogen-bond donors (Lipinski definition) is 0. The first-order valence-electron chi connectivity index (χ1n) is 14.3. The van der Waals surface area contributed by atoms with Gasteiger partial charge in [0.1, 0.15) is 0 Å². The minimum atomic E-state index is -0.315. The average molecular weight is 509 g/mol. The maximum atomic E-state index is 2.39. The highest BCUT2D eigenvalue weighted by Gasteiger charge is 2.52. The summed E-state index contributed by atoms with van der Waals surface area (Å²) in [6.07, 6.45) is 0. The highest BCUT2D eigenvalue weighted by Crippen LogP contribution is 2.64. The maximum absolute atomic E-state index is 2.39. The van der Waals surface area contributed by atoms with Gasteiger partial charge in [-0.25, -0.2) is 0 Å². The molecule has 0 atom stereocenters. The molecule has 1 spiro atoms. The van der Waals surface area contributed by atoms with Gasteiger partial charge < -0.3 is 0 Å². The van der Waals surface area contributed by atoms with Crippen LogP contribution in [0.3, 0.4) is 0 Å². The molecule has 0 amide bonds. The summed E-state index contributed by atoms with van der Waals surface area (Å²) in [6, 6.07) is 50.2. The zero-order chi connectivity index (χ0) is 26.6. The van der Waals surface area contributed by atoms with Crippen LogP contribution < -0.4 is 0 Å². The van der Waals surface area contributed by atoms with E-state index in [9.17, 15) is 0 Å². The topological polar surface area (TPSA) is 0 Å². The summed E-state index contributed by atoms with van der Waals surface area (Å²) < 4.78 is 0. The van der Waals surface area contributed by atoms with E-state index in [0.717, 1.165) is 0 Å². The third-order valence-electron chi connectivity index (χ3n) is 9.92. The monoisotopic (exact) mass is 508 g/mol. The van der Waals surface area contributed by atoms with Crippen molar-refractivity contribution in [1.82, 2.24) is 0 Å². The molecule has 0 N–H and O–H groups in total. The number of benzene rings is 6. The van der Waals surface area contributed by atoms with E-state index < -0.39 is 0 Å². The molecular weight excluding hydrogens is 480 g/mol. The van der Waals surface area contributed by atoms with Crippen LogP contribution in [-0.2, 0) is 10.8 Å². The van der Waals surface area contributed by atoms with Crippen molar-refractivity contribution in [3.05, 3.63) is 167 Å². The molecule has 0 aromatic heterocycles. The second kappa shape index (κ2) is 7.49. The number of hydrogen-bond acceptors (Lipinski definition) is 0. The van der Waals surface area contributed by atoms with Gasteiger partial charge in [-0.05, 0) is 77.9 Å². The van der Waals surface area contributed by atoms with Crippen LogP contribution in [0.5, 0.6) is 0 Å². The van der Waals surface area contributed by atoms with E-state index in [4.69, 9.17) is 0 Å². The van der Waals surface area contributed by atoms with Crippen LogP contribution in [0.2, 0.25) is 0 Å². The van der Waals surface area contributed by atoms with E-state index in [1.807, 2.05) is 0 Å². The van der Waals surface area contributed by atoms with Crippen molar-refractivity contribution in [3.8, 4) is 44.5 Å². The average Bonchev–Trinajstić information content (AvgIpc) is 3.57. The Morgan fingerprint density at radius 1 is 0.300 bits per heavy atom. The Hall–Kier alpha value is -4.68.